The fraction of sp³-hybridized carbons (Fsp3) is 0.357. The molecule has 18 heavy (non-hydrogen) atoms. The average Bonchev–Trinajstić information content (AvgIpc) is 2.74. The molecule has 1 heterocycles. The lowest BCUT2D eigenvalue weighted by Gasteiger charge is -2.21. The van der Waals surface area contributed by atoms with Gasteiger partial charge in [-0.3, -0.25) is 0 Å². The monoisotopic (exact) mass is 309 g/mol. The molecular weight excluding hydrogens is 294 g/mol. The van der Waals surface area contributed by atoms with E-state index in [0.29, 0.717) is 5.92 Å². The van der Waals surface area contributed by atoms with Crippen LogP contribution in [0.25, 0.3) is 6.08 Å². The SMILES string of the molecule is CC1CCN(c2cc(Br)ccc2C=CC(=O)O)C1. The maximum Gasteiger partial charge on any atom is 0.328 e. The van der Waals surface area contributed by atoms with Gasteiger partial charge >= 0.3 is 5.97 Å². The molecule has 1 atom stereocenters. The first kappa shape index (κ1) is 13.1. The summed E-state index contributed by atoms with van der Waals surface area (Å²) in [6, 6.07) is 5.94. The van der Waals surface area contributed by atoms with Crippen LogP contribution < -0.4 is 4.90 Å². The first-order chi connectivity index (χ1) is 8.56. The van der Waals surface area contributed by atoms with E-state index in [1.165, 1.54) is 12.5 Å². The summed E-state index contributed by atoms with van der Waals surface area (Å²) in [5, 5.41) is 8.72. The second-order valence-electron chi connectivity index (χ2n) is 4.71. The van der Waals surface area contributed by atoms with Crippen molar-refractivity contribution in [1.29, 1.82) is 0 Å². The van der Waals surface area contributed by atoms with Crippen molar-refractivity contribution >= 4 is 33.7 Å². The van der Waals surface area contributed by atoms with E-state index >= 15 is 0 Å². The summed E-state index contributed by atoms with van der Waals surface area (Å²) in [6.45, 7) is 4.31. The summed E-state index contributed by atoms with van der Waals surface area (Å²) < 4.78 is 1.02. The Kier molecular flexibility index (Phi) is 4.07. The summed E-state index contributed by atoms with van der Waals surface area (Å²) in [6.07, 6.45) is 4.04. The van der Waals surface area contributed by atoms with Gasteiger partial charge in [-0.05, 0) is 36.1 Å². The Labute approximate surface area is 115 Å². The molecule has 0 bridgehead atoms. The van der Waals surface area contributed by atoms with E-state index in [0.717, 1.165) is 28.8 Å². The van der Waals surface area contributed by atoms with Crippen molar-refractivity contribution in [3.05, 3.63) is 34.3 Å². The minimum Gasteiger partial charge on any atom is -0.478 e. The van der Waals surface area contributed by atoms with Crippen LogP contribution in [0.5, 0.6) is 0 Å². The van der Waals surface area contributed by atoms with Crippen LogP contribution in [0.1, 0.15) is 18.9 Å². The smallest absolute Gasteiger partial charge is 0.328 e. The van der Waals surface area contributed by atoms with Crippen LogP contribution in [-0.2, 0) is 4.79 Å². The highest BCUT2D eigenvalue weighted by Crippen LogP contribution is 2.30. The van der Waals surface area contributed by atoms with Crippen molar-refractivity contribution in [1.82, 2.24) is 0 Å². The zero-order valence-electron chi connectivity index (χ0n) is 10.3. The van der Waals surface area contributed by atoms with E-state index in [2.05, 4.69) is 33.8 Å². The molecule has 96 valence electrons. The summed E-state index contributed by atoms with van der Waals surface area (Å²) in [5.74, 6) is -0.223. The predicted octanol–water partition coefficient (Wildman–Crippen LogP) is 3.39. The molecule has 0 saturated carbocycles. The van der Waals surface area contributed by atoms with Gasteiger partial charge in [-0.1, -0.05) is 28.9 Å². The number of anilines is 1. The Bertz CT molecular complexity index is 485. The molecule has 0 spiro atoms. The van der Waals surface area contributed by atoms with E-state index in [9.17, 15) is 4.79 Å². The zero-order chi connectivity index (χ0) is 13.1. The molecule has 1 fully saturated rings. The number of benzene rings is 1. The summed E-state index contributed by atoms with van der Waals surface area (Å²) in [4.78, 5) is 12.9. The Morgan fingerprint density at radius 3 is 2.94 bits per heavy atom. The van der Waals surface area contributed by atoms with Crippen molar-refractivity contribution in [2.75, 3.05) is 18.0 Å². The topological polar surface area (TPSA) is 40.5 Å². The lowest BCUT2D eigenvalue weighted by molar-refractivity contribution is -0.131. The summed E-state index contributed by atoms with van der Waals surface area (Å²) in [5.41, 5.74) is 2.06. The average molecular weight is 310 g/mol. The Morgan fingerprint density at radius 1 is 1.56 bits per heavy atom. The fourth-order valence-electron chi connectivity index (χ4n) is 2.25. The van der Waals surface area contributed by atoms with E-state index in [4.69, 9.17) is 5.11 Å². The molecule has 1 aromatic rings. The number of hydrogen-bond acceptors (Lipinski definition) is 2. The lowest BCUT2D eigenvalue weighted by atomic mass is 10.1. The molecule has 1 saturated heterocycles. The number of halogens is 1. The number of hydrogen-bond donors (Lipinski definition) is 1. The number of carbonyl (C=O) groups is 1. The van der Waals surface area contributed by atoms with Gasteiger partial charge in [-0.25, -0.2) is 4.79 Å². The third kappa shape index (κ3) is 3.13. The number of carboxylic acids is 1. The van der Waals surface area contributed by atoms with Crippen molar-refractivity contribution in [3.8, 4) is 0 Å². The maximum atomic E-state index is 10.6. The Hall–Kier alpha value is -1.29. The van der Waals surface area contributed by atoms with Crippen molar-refractivity contribution in [3.63, 3.8) is 0 Å². The molecule has 0 amide bonds. The van der Waals surface area contributed by atoms with Crippen LogP contribution in [0, 0.1) is 5.92 Å². The van der Waals surface area contributed by atoms with Crippen molar-refractivity contribution < 1.29 is 9.90 Å². The molecule has 1 aliphatic rings. The van der Waals surface area contributed by atoms with Gasteiger partial charge in [-0.15, -0.1) is 0 Å². The minimum absolute atomic E-state index is 0.695. The Balaban J connectivity index is 2.31. The second-order valence-corrected chi connectivity index (χ2v) is 5.63. The van der Waals surface area contributed by atoms with E-state index < -0.39 is 5.97 Å². The van der Waals surface area contributed by atoms with Gasteiger partial charge in [0.05, 0.1) is 0 Å². The molecule has 1 aliphatic heterocycles. The van der Waals surface area contributed by atoms with Crippen LogP contribution in [0.2, 0.25) is 0 Å². The molecular formula is C14H16BrNO2. The maximum absolute atomic E-state index is 10.6. The predicted molar refractivity (Wildman–Crippen MR) is 76.8 cm³/mol. The second kappa shape index (κ2) is 5.57. The van der Waals surface area contributed by atoms with Crippen LogP contribution >= 0.6 is 15.9 Å². The third-order valence-electron chi connectivity index (χ3n) is 3.16. The van der Waals surface area contributed by atoms with Gasteiger partial charge in [0.1, 0.15) is 0 Å². The third-order valence-corrected chi connectivity index (χ3v) is 3.66. The molecule has 0 radical (unpaired) electrons. The lowest BCUT2D eigenvalue weighted by Crippen LogP contribution is -2.20. The van der Waals surface area contributed by atoms with Crippen molar-refractivity contribution in [2.45, 2.75) is 13.3 Å². The number of carboxylic acid groups (broad SMARTS) is 1. The molecule has 1 N–H and O–H groups in total. The highest BCUT2D eigenvalue weighted by atomic mass is 79.9. The molecule has 1 aromatic carbocycles. The van der Waals surface area contributed by atoms with Crippen LogP contribution in [0.3, 0.4) is 0 Å². The Morgan fingerprint density at radius 2 is 2.33 bits per heavy atom. The van der Waals surface area contributed by atoms with E-state index in [1.807, 2.05) is 12.1 Å². The van der Waals surface area contributed by atoms with Crippen LogP contribution in [0.15, 0.2) is 28.7 Å². The first-order valence-electron chi connectivity index (χ1n) is 6.02. The zero-order valence-corrected chi connectivity index (χ0v) is 11.9. The highest BCUT2D eigenvalue weighted by molar-refractivity contribution is 9.10. The quantitative estimate of drug-likeness (QED) is 0.870. The molecule has 3 nitrogen and oxygen atoms in total. The van der Waals surface area contributed by atoms with E-state index in [1.54, 1.807) is 6.08 Å². The highest BCUT2D eigenvalue weighted by Gasteiger charge is 2.20. The number of nitrogens with zero attached hydrogens (tertiary/aromatic N) is 1. The van der Waals surface area contributed by atoms with Gasteiger partial charge in [-0.2, -0.15) is 0 Å². The largest absolute Gasteiger partial charge is 0.478 e. The van der Waals surface area contributed by atoms with Crippen LogP contribution in [-0.4, -0.2) is 24.2 Å². The van der Waals surface area contributed by atoms with Gasteiger partial charge in [0.2, 0.25) is 0 Å². The molecule has 0 aliphatic carbocycles. The van der Waals surface area contributed by atoms with Gasteiger partial charge in [0.15, 0.2) is 0 Å². The van der Waals surface area contributed by atoms with Gasteiger partial charge in [0, 0.05) is 29.3 Å². The normalized spacial score (nSPS) is 19.7. The van der Waals surface area contributed by atoms with Crippen LogP contribution in [0.4, 0.5) is 5.69 Å². The first-order valence-corrected chi connectivity index (χ1v) is 6.81. The number of aliphatic carboxylic acids is 1. The van der Waals surface area contributed by atoms with Gasteiger partial charge in [0.25, 0.3) is 0 Å². The minimum atomic E-state index is -0.918. The number of rotatable bonds is 3. The van der Waals surface area contributed by atoms with E-state index in [-0.39, 0.29) is 0 Å². The van der Waals surface area contributed by atoms with Crippen molar-refractivity contribution in [2.24, 2.45) is 5.92 Å². The summed E-state index contributed by atoms with van der Waals surface area (Å²) in [7, 11) is 0. The standard InChI is InChI=1S/C14H16BrNO2/c1-10-6-7-16(9-10)13-8-12(15)4-2-11(13)3-5-14(17)18/h2-5,8,10H,6-7,9H2,1H3,(H,17,18). The summed E-state index contributed by atoms with van der Waals surface area (Å²) >= 11 is 3.47. The molecule has 4 heteroatoms. The molecule has 1 unspecified atom stereocenters. The molecule has 2 rings (SSSR count). The fourth-order valence-corrected chi connectivity index (χ4v) is 2.60. The molecule has 0 aromatic heterocycles. The van der Waals surface area contributed by atoms with Gasteiger partial charge < -0.3 is 10.0 Å².